The normalized spacial score (nSPS) is 42.2. The van der Waals surface area contributed by atoms with Gasteiger partial charge in [0, 0.05) is 22.6 Å². The SMILES string of the molecule is COc1ccc2c(c1)C(=O)[C@@]13O[C@]4(C)CC[C@@H]([C@@H]4C=C1C2=O)[C@@]3(C)C=O. The van der Waals surface area contributed by atoms with Crippen molar-refractivity contribution < 1.29 is 23.9 Å². The van der Waals surface area contributed by atoms with Crippen molar-refractivity contribution in [2.45, 2.75) is 37.9 Å². The van der Waals surface area contributed by atoms with E-state index in [2.05, 4.69) is 0 Å². The van der Waals surface area contributed by atoms with E-state index in [1.54, 1.807) is 25.1 Å². The summed E-state index contributed by atoms with van der Waals surface area (Å²) >= 11 is 0. The molecule has 0 amide bonds. The number of ether oxygens (including phenoxy) is 2. The Labute approximate surface area is 151 Å². The smallest absolute Gasteiger partial charge is 0.201 e. The summed E-state index contributed by atoms with van der Waals surface area (Å²) in [7, 11) is 1.51. The summed E-state index contributed by atoms with van der Waals surface area (Å²) in [5.41, 5.74) is -2.11. The molecular weight excluding hydrogens is 332 g/mol. The number of ketones is 2. The predicted molar refractivity (Wildman–Crippen MR) is 92.3 cm³/mol. The Balaban J connectivity index is 1.85. The minimum absolute atomic E-state index is 0.00593. The molecule has 0 unspecified atom stereocenters. The number of aldehydes is 1. The first-order valence-corrected chi connectivity index (χ1v) is 8.99. The van der Waals surface area contributed by atoms with E-state index in [0.29, 0.717) is 16.9 Å². The van der Waals surface area contributed by atoms with Gasteiger partial charge in [0.1, 0.15) is 12.0 Å². The maximum Gasteiger partial charge on any atom is 0.201 e. The van der Waals surface area contributed by atoms with Crippen molar-refractivity contribution in [1.82, 2.24) is 0 Å². The Morgan fingerprint density at radius 3 is 2.69 bits per heavy atom. The van der Waals surface area contributed by atoms with Gasteiger partial charge in [-0.3, -0.25) is 9.59 Å². The van der Waals surface area contributed by atoms with Crippen LogP contribution in [-0.2, 0) is 9.53 Å². The molecular formula is C21H20O5. The fourth-order valence-corrected chi connectivity index (χ4v) is 5.85. The number of Topliss-reactive ketones (excluding diaryl/α,β-unsaturated/α-hetero) is 2. The van der Waals surface area contributed by atoms with Crippen LogP contribution in [-0.4, -0.2) is 36.2 Å². The Morgan fingerprint density at radius 1 is 1.23 bits per heavy atom. The van der Waals surface area contributed by atoms with Gasteiger partial charge >= 0.3 is 0 Å². The highest BCUT2D eigenvalue weighted by atomic mass is 16.5. The molecule has 3 aliphatic carbocycles. The first-order valence-electron chi connectivity index (χ1n) is 8.99. The molecule has 1 aromatic carbocycles. The largest absolute Gasteiger partial charge is 0.497 e. The minimum atomic E-state index is -1.53. The molecule has 26 heavy (non-hydrogen) atoms. The van der Waals surface area contributed by atoms with Gasteiger partial charge in [-0.1, -0.05) is 6.08 Å². The number of rotatable bonds is 2. The number of carbonyl (C=O) groups is 3. The van der Waals surface area contributed by atoms with Gasteiger partial charge in [-0.25, -0.2) is 0 Å². The van der Waals surface area contributed by atoms with Crippen molar-refractivity contribution >= 4 is 17.9 Å². The van der Waals surface area contributed by atoms with E-state index in [0.717, 1.165) is 19.1 Å². The quantitative estimate of drug-likeness (QED) is 0.766. The lowest BCUT2D eigenvalue weighted by Gasteiger charge is -2.61. The Bertz CT molecular complexity index is 930. The molecule has 0 N–H and O–H groups in total. The van der Waals surface area contributed by atoms with Crippen LogP contribution in [0.1, 0.15) is 47.4 Å². The Morgan fingerprint density at radius 2 is 2.00 bits per heavy atom. The maximum absolute atomic E-state index is 13.7. The molecule has 1 saturated carbocycles. The highest BCUT2D eigenvalue weighted by Gasteiger charge is 2.76. The monoisotopic (exact) mass is 352 g/mol. The van der Waals surface area contributed by atoms with Gasteiger partial charge in [-0.2, -0.15) is 0 Å². The van der Waals surface area contributed by atoms with Crippen LogP contribution in [0.5, 0.6) is 5.75 Å². The number of hydrogen-bond acceptors (Lipinski definition) is 5. The summed E-state index contributed by atoms with van der Waals surface area (Å²) in [5.74, 6) is -0.0383. The third-order valence-corrected chi connectivity index (χ3v) is 7.26. The van der Waals surface area contributed by atoms with Crippen LogP contribution in [0.4, 0.5) is 0 Å². The molecule has 1 saturated heterocycles. The molecule has 4 bridgehead atoms. The van der Waals surface area contributed by atoms with Crippen molar-refractivity contribution in [2.75, 3.05) is 7.11 Å². The summed E-state index contributed by atoms with van der Waals surface area (Å²) in [4.78, 5) is 39.3. The predicted octanol–water partition coefficient (Wildman–Crippen LogP) is 2.77. The van der Waals surface area contributed by atoms with E-state index in [1.807, 2.05) is 13.0 Å². The summed E-state index contributed by atoms with van der Waals surface area (Å²) < 4.78 is 11.7. The van der Waals surface area contributed by atoms with Gasteiger partial charge in [0.25, 0.3) is 0 Å². The first-order chi connectivity index (χ1) is 12.3. The molecule has 0 aromatic heterocycles. The van der Waals surface area contributed by atoms with Crippen LogP contribution < -0.4 is 4.74 Å². The van der Waals surface area contributed by atoms with Crippen LogP contribution in [0.25, 0.3) is 0 Å². The van der Waals surface area contributed by atoms with Crippen molar-refractivity contribution in [1.29, 1.82) is 0 Å². The standard InChI is InChI=1S/C21H20O5/c1-19(10-22)14-6-7-20(2)15(14)9-16-17(23)12-5-4-11(25-3)8-13(12)18(24)21(16,19)26-20/h4-5,8-10,14-15H,6-7H2,1-3H3/t14-,15-,19+,20+,21-/m0/s1. The lowest BCUT2D eigenvalue weighted by atomic mass is 9.49. The molecule has 2 fully saturated rings. The summed E-state index contributed by atoms with van der Waals surface area (Å²) in [6, 6.07) is 4.88. The van der Waals surface area contributed by atoms with Crippen LogP contribution in [0, 0.1) is 17.3 Å². The zero-order chi connectivity index (χ0) is 18.5. The average molecular weight is 352 g/mol. The number of hydrogen-bond donors (Lipinski definition) is 0. The molecule has 5 heteroatoms. The van der Waals surface area contributed by atoms with Crippen LogP contribution in [0.3, 0.4) is 0 Å². The lowest BCUT2D eigenvalue weighted by molar-refractivity contribution is -0.219. The molecule has 1 aromatic rings. The second-order valence-electron chi connectivity index (χ2n) is 8.32. The highest BCUT2D eigenvalue weighted by Crippen LogP contribution is 2.68. The van der Waals surface area contributed by atoms with Crippen molar-refractivity contribution in [3.8, 4) is 5.75 Å². The van der Waals surface area contributed by atoms with Gasteiger partial charge in [0.05, 0.1) is 18.1 Å². The molecule has 5 atom stereocenters. The highest BCUT2D eigenvalue weighted by molar-refractivity contribution is 6.28. The van der Waals surface area contributed by atoms with E-state index in [-0.39, 0.29) is 29.0 Å². The third-order valence-electron chi connectivity index (χ3n) is 7.26. The zero-order valence-electron chi connectivity index (χ0n) is 15.0. The van der Waals surface area contributed by atoms with Crippen LogP contribution in [0.2, 0.25) is 0 Å². The summed E-state index contributed by atoms with van der Waals surface area (Å²) in [6.07, 6.45) is 4.37. The van der Waals surface area contributed by atoms with Gasteiger partial charge in [0.15, 0.2) is 11.4 Å². The van der Waals surface area contributed by atoms with Crippen LogP contribution in [0.15, 0.2) is 29.8 Å². The van der Waals surface area contributed by atoms with E-state index in [9.17, 15) is 14.4 Å². The van der Waals surface area contributed by atoms with Crippen molar-refractivity contribution in [2.24, 2.45) is 17.3 Å². The Kier molecular flexibility index (Phi) is 2.77. The average Bonchev–Trinajstić information content (AvgIpc) is 2.95. The van der Waals surface area contributed by atoms with E-state index in [1.165, 1.54) is 7.11 Å². The van der Waals surface area contributed by atoms with Crippen LogP contribution >= 0.6 is 0 Å². The second-order valence-corrected chi connectivity index (χ2v) is 8.32. The molecule has 2 aliphatic heterocycles. The third kappa shape index (κ3) is 1.43. The first kappa shape index (κ1) is 15.9. The van der Waals surface area contributed by atoms with E-state index in [4.69, 9.17) is 9.47 Å². The summed E-state index contributed by atoms with van der Waals surface area (Å²) in [6.45, 7) is 3.78. The molecule has 5 aliphatic rings. The molecule has 134 valence electrons. The molecule has 5 nitrogen and oxygen atoms in total. The second kappa shape index (κ2) is 4.52. The maximum atomic E-state index is 13.7. The minimum Gasteiger partial charge on any atom is -0.497 e. The summed E-state index contributed by atoms with van der Waals surface area (Å²) in [5, 5.41) is 0. The molecule has 1 spiro atoms. The fourth-order valence-electron chi connectivity index (χ4n) is 5.85. The fraction of sp³-hybridized carbons (Fsp3) is 0.476. The van der Waals surface area contributed by atoms with Gasteiger partial charge in [0.2, 0.25) is 5.78 Å². The van der Waals surface area contributed by atoms with E-state index < -0.39 is 16.6 Å². The van der Waals surface area contributed by atoms with Crippen molar-refractivity contribution in [3.63, 3.8) is 0 Å². The van der Waals surface area contributed by atoms with Gasteiger partial charge in [-0.05, 0) is 50.8 Å². The number of benzene rings is 1. The van der Waals surface area contributed by atoms with Gasteiger partial charge < -0.3 is 14.3 Å². The number of methoxy groups -OCH3 is 1. The number of carbonyl (C=O) groups excluding carboxylic acids is 3. The molecule has 6 rings (SSSR count). The lowest BCUT2D eigenvalue weighted by Crippen LogP contribution is -2.72. The molecule has 2 heterocycles. The molecule has 0 radical (unpaired) electrons. The zero-order valence-corrected chi connectivity index (χ0v) is 15.0. The number of fused-ring (bicyclic) bond motifs is 1. The Hall–Kier alpha value is -2.27. The van der Waals surface area contributed by atoms with Crippen molar-refractivity contribution in [3.05, 3.63) is 41.0 Å². The van der Waals surface area contributed by atoms with E-state index >= 15 is 0 Å². The van der Waals surface area contributed by atoms with Gasteiger partial charge in [-0.15, -0.1) is 0 Å². The topological polar surface area (TPSA) is 69.7 Å².